The van der Waals surface area contributed by atoms with Gasteiger partial charge < -0.3 is 10.1 Å². The number of benzene rings is 1. The summed E-state index contributed by atoms with van der Waals surface area (Å²) in [6.07, 6.45) is 8.89. The number of nitrogens with one attached hydrogen (secondary N) is 1. The molecule has 0 bridgehead atoms. The highest BCUT2D eigenvalue weighted by molar-refractivity contribution is 6.30. The van der Waals surface area contributed by atoms with Gasteiger partial charge in [-0.15, -0.1) is 0 Å². The molecule has 1 aliphatic heterocycles. The molecule has 1 spiro atoms. The zero-order chi connectivity index (χ0) is 14.7. The molecule has 1 saturated heterocycles. The number of hydrogen-bond acceptors (Lipinski definition) is 2. The number of hydrogen-bond donors (Lipinski definition) is 1. The van der Waals surface area contributed by atoms with E-state index in [0.29, 0.717) is 12.0 Å². The van der Waals surface area contributed by atoms with Crippen LogP contribution in [0.4, 0.5) is 0 Å². The van der Waals surface area contributed by atoms with Crippen LogP contribution in [-0.4, -0.2) is 19.3 Å². The van der Waals surface area contributed by atoms with E-state index in [0.717, 1.165) is 18.1 Å². The van der Waals surface area contributed by atoms with Crippen LogP contribution < -0.4 is 5.32 Å². The summed E-state index contributed by atoms with van der Waals surface area (Å²) in [6, 6.07) is 8.72. The molecule has 2 aliphatic rings. The molecule has 3 rings (SSSR count). The van der Waals surface area contributed by atoms with Gasteiger partial charge in [-0.3, -0.25) is 0 Å². The molecule has 116 valence electrons. The molecule has 3 heteroatoms. The summed E-state index contributed by atoms with van der Waals surface area (Å²) in [4.78, 5) is 0. The van der Waals surface area contributed by atoms with Crippen LogP contribution >= 0.6 is 11.6 Å². The van der Waals surface area contributed by atoms with Crippen molar-refractivity contribution in [2.75, 3.05) is 13.7 Å². The molecule has 2 fully saturated rings. The first-order valence-corrected chi connectivity index (χ1v) is 8.67. The van der Waals surface area contributed by atoms with Gasteiger partial charge in [0.1, 0.15) is 0 Å². The predicted octanol–water partition coefficient (Wildman–Crippen LogP) is 4.73. The molecular weight excluding hydrogens is 282 g/mol. The smallest absolute Gasteiger partial charge is 0.0686 e. The van der Waals surface area contributed by atoms with Crippen molar-refractivity contribution in [1.29, 1.82) is 0 Å². The first-order valence-electron chi connectivity index (χ1n) is 8.29. The van der Waals surface area contributed by atoms with E-state index in [1.165, 1.54) is 44.1 Å². The van der Waals surface area contributed by atoms with Crippen LogP contribution in [0.25, 0.3) is 0 Å². The number of ether oxygens (including phenoxy) is 1. The quantitative estimate of drug-likeness (QED) is 0.871. The maximum atomic E-state index is 6.24. The van der Waals surface area contributed by atoms with Gasteiger partial charge in [0.25, 0.3) is 0 Å². The van der Waals surface area contributed by atoms with Gasteiger partial charge >= 0.3 is 0 Å². The Morgan fingerprint density at radius 1 is 1.19 bits per heavy atom. The highest BCUT2D eigenvalue weighted by atomic mass is 35.5. The van der Waals surface area contributed by atoms with Gasteiger partial charge in [0.15, 0.2) is 0 Å². The van der Waals surface area contributed by atoms with Gasteiger partial charge in [0, 0.05) is 17.7 Å². The summed E-state index contributed by atoms with van der Waals surface area (Å²) < 4.78 is 6.24. The van der Waals surface area contributed by atoms with Crippen LogP contribution in [0.5, 0.6) is 0 Å². The van der Waals surface area contributed by atoms with E-state index in [4.69, 9.17) is 16.3 Å². The van der Waals surface area contributed by atoms with Crippen LogP contribution in [0, 0.1) is 5.92 Å². The summed E-state index contributed by atoms with van der Waals surface area (Å²) >= 11 is 6.02. The molecule has 0 amide bonds. The number of halogens is 1. The zero-order valence-electron chi connectivity index (χ0n) is 12.9. The normalized spacial score (nSPS) is 26.7. The van der Waals surface area contributed by atoms with E-state index in [1.807, 2.05) is 12.1 Å². The fraction of sp³-hybridized carbons (Fsp3) is 0.667. The maximum Gasteiger partial charge on any atom is 0.0686 e. The van der Waals surface area contributed by atoms with Crippen molar-refractivity contribution in [2.24, 2.45) is 5.92 Å². The second kappa shape index (κ2) is 6.68. The van der Waals surface area contributed by atoms with Crippen molar-refractivity contribution >= 4 is 11.6 Å². The standard InChI is InChI=1S/C18H26ClNO/c1-20-17(14-5-7-16(19)8-6-14)15-9-12-21-18(13-15)10-3-2-4-11-18/h5-8,15,17,20H,2-4,9-13H2,1H3. The first kappa shape index (κ1) is 15.3. The topological polar surface area (TPSA) is 21.3 Å². The van der Waals surface area contributed by atoms with E-state index in [1.54, 1.807) is 0 Å². The summed E-state index contributed by atoms with van der Waals surface area (Å²) in [5, 5.41) is 4.34. The van der Waals surface area contributed by atoms with E-state index < -0.39 is 0 Å². The highest BCUT2D eigenvalue weighted by Gasteiger charge is 2.40. The average Bonchev–Trinajstić information content (AvgIpc) is 2.51. The van der Waals surface area contributed by atoms with E-state index in [-0.39, 0.29) is 5.60 Å². The van der Waals surface area contributed by atoms with Gasteiger partial charge in [-0.1, -0.05) is 43.0 Å². The minimum atomic E-state index is 0.169. The molecule has 1 aromatic rings. The third-order valence-corrected chi connectivity index (χ3v) is 5.56. The lowest BCUT2D eigenvalue weighted by molar-refractivity contribution is -0.121. The Morgan fingerprint density at radius 2 is 1.90 bits per heavy atom. The van der Waals surface area contributed by atoms with Gasteiger partial charge in [0.2, 0.25) is 0 Å². The van der Waals surface area contributed by atoms with E-state index >= 15 is 0 Å². The van der Waals surface area contributed by atoms with Gasteiger partial charge in [-0.05, 0) is 56.3 Å². The van der Waals surface area contributed by atoms with Crippen molar-refractivity contribution in [2.45, 2.75) is 56.6 Å². The van der Waals surface area contributed by atoms with E-state index in [9.17, 15) is 0 Å². The Hall–Kier alpha value is -0.570. The second-order valence-corrected chi connectivity index (χ2v) is 7.10. The molecule has 2 atom stereocenters. The summed E-state index contributed by atoms with van der Waals surface area (Å²) in [5.41, 5.74) is 1.52. The van der Waals surface area contributed by atoms with Crippen molar-refractivity contribution in [3.05, 3.63) is 34.9 Å². The Bertz CT molecular complexity index is 447. The minimum Gasteiger partial charge on any atom is -0.375 e. The molecule has 2 nitrogen and oxygen atoms in total. The zero-order valence-corrected chi connectivity index (χ0v) is 13.7. The third-order valence-electron chi connectivity index (χ3n) is 5.31. The van der Waals surface area contributed by atoms with Gasteiger partial charge in [0.05, 0.1) is 5.60 Å². The number of rotatable bonds is 3. The predicted molar refractivity (Wildman–Crippen MR) is 87.7 cm³/mol. The molecule has 1 aliphatic carbocycles. The Morgan fingerprint density at radius 3 is 2.57 bits per heavy atom. The largest absolute Gasteiger partial charge is 0.375 e. The molecule has 1 aromatic carbocycles. The van der Waals surface area contributed by atoms with E-state index in [2.05, 4.69) is 24.5 Å². The fourth-order valence-corrected chi connectivity index (χ4v) is 4.37. The molecule has 0 aromatic heterocycles. The average molecular weight is 308 g/mol. The van der Waals surface area contributed by atoms with Crippen molar-refractivity contribution < 1.29 is 4.74 Å². The summed E-state index contributed by atoms with van der Waals surface area (Å²) in [7, 11) is 2.07. The summed E-state index contributed by atoms with van der Waals surface area (Å²) in [6.45, 7) is 0.913. The fourth-order valence-electron chi connectivity index (χ4n) is 4.24. The molecule has 1 N–H and O–H groups in total. The maximum absolute atomic E-state index is 6.24. The van der Waals surface area contributed by atoms with Crippen LogP contribution in [0.15, 0.2) is 24.3 Å². The second-order valence-electron chi connectivity index (χ2n) is 6.66. The molecule has 1 saturated carbocycles. The molecule has 1 heterocycles. The lowest BCUT2D eigenvalue weighted by Gasteiger charge is -2.45. The molecular formula is C18H26ClNO. The molecule has 0 radical (unpaired) electrons. The van der Waals surface area contributed by atoms with Crippen LogP contribution in [0.3, 0.4) is 0 Å². The molecule has 21 heavy (non-hydrogen) atoms. The van der Waals surface area contributed by atoms with Crippen molar-refractivity contribution in [3.8, 4) is 0 Å². The first-order chi connectivity index (χ1) is 10.2. The lowest BCUT2D eigenvalue weighted by atomic mass is 9.73. The summed E-state index contributed by atoms with van der Waals surface area (Å²) in [5.74, 6) is 0.656. The van der Waals surface area contributed by atoms with Gasteiger partial charge in [-0.25, -0.2) is 0 Å². The van der Waals surface area contributed by atoms with Gasteiger partial charge in [-0.2, -0.15) is 0 Å². The molecule has 2 unspecified atom stereocenters. The minimum absolute atomic E-state index is 0.169. The van der Waals surface area contributed by atoms with Crippen LogP contribution in [0.2, 0.25) is 5.02 Å². The lowest BCUT2D eigenvalue weighted by Crippen LogP contribution is -2.44. The van der Waals surface area contributed by atoms with Crippen molar-refractivity contribution in [1.82, 2.24) is 5.32 Å². The Balaban J connectivity index is 1.75. The van der Waals surface area contributed by atoms with Crippen molar-refractivity contribution in [3.63, 3.8) is 0 Å². The SMILES string of the molecule is CNC(c1ccc(Cl)cc1)C1CCOC2(CCCCC2)C1. The Labute approximate surface area is 133 Å². The highest BCUT2D eigenvalue weighted by Crippen LogP contribution is 2.44. The third kappa shape index (κ3) is 3.44. The van der Waals surface area contributed by atoms with Crippen LogP contribution in [-0.2, 0) is 4.74 Å². The Kier molecular flexibility index (Phi) is 4.88. The monoisotopic (exact) mass is 307 g/mol. The van der Waals surface area contributed by atoms with Crippen LogP contribution in [0.1, 0.15) is 56.6 Å².